The van der Waals surface area contributed by atoms with Crippen molar-refractivity contribution in [2.24, 2.45) is 11.7 Å². The predicted octanol–water partition coefficient (Wildman–Crippen LogP) is 2.24. The molecule has 7 heteroatoms. The summed E-state index contributed by atoms with van der Waals surface area (Å²) in [5, 5.41) is 21.8. The molecule has 0 saturated carbocycles. The third kappa shape index (κ3) is 6.50. The molecule has 0 radical (unpaired) electrons. The molecule has 0 saturated heterocycles. The van der Waals surface area contributed by atoms with Gasteiger partial charge in [-0.15, -0.1) is 0 Å². The normalized spacial score (nSPS) is 13.9. The highest BCUT2D eigenvalue weighted by Crippen LogP contribution is 2.25. The molecular formula is C22H28N2O5. The molecular weight excluding hydrogens is 372 g/mol. The number of esters is 1. The van der Waals surface area contributed by atoms with Crippen LogP contribution in [-0.2, 0) is 27.4 Å². The number of aromatic hydroxyl groups is 2. The lowest BCUT2D eigenvalue weighted by Crippen LogP contribution is -2.51. The fourth-order valence-electron chi connectivity index (χ4n) is 2.73. The Morgan fingerprint density at radius 3 is 2.38 bits per heavy atom. The number of carbonyl (C=O) groups excluding carboxylic acids is 2. The molecule has 0 aliphatic carbocycles. The highest BCUT2D eigenvalue weighted by atomic mass is 16.5. The molecule has 3 atom stereocenters. The van der Waals surface area contributed by atoms with Crippen LogP contribution in [0.4, 0.5) is 0 Å². The molecule has 2 aromatic carbocycles. The summed E-state index contributed by atoms with van der Waals surface area (Å²) in [6, 6.07) is 11.7. The van der Waals surface area contributed by atoms with Crippen LogP contribution in [0.2, 0.25) is 0 Å². The lowest BCUT2D eigenvalue weighted by molar-refractivity contribution is -0.149. The Morgan fingerprint density at radius 2 is 1.76 bits per heavy atom. The van der Waals surface area contributed by atoms with Crippen molar-refractivity contribution in [1.82, 2.24) is 5.32 Å². The van der Waals surface area contributed by atoms with Gasteiger partial charge in [0.05, 0.1) is 6.04 Å². The minimum atomic E-state index is -0.981. The van der Waals surface area contributed by atoms with Gasteiger partial charge in [-0.25, -0.2) is 4.79 Å². The van der Waals surface area contributed by atoms with Gasteiger partial charge in [-0.3, -0.25) is 4.79 Å². The monoisotopic (exact) mass is 400 g/mol. The molecule has 156 valence electrons. The summed E-state index contributed by atoms with van der Waals surface area (Å²) in [4.78, 5) is 25.2. The molecule has 7 nitrogen and oxygen atoms in total. The van der Waals surface area contributed by atoms with Crippen LogP contribution in [0.5, 0.6) is 11.5 Å². The Kier molecular flexibility index (Phi) is 8.03. The fourth-order valence-corrected chi connectivity index (χ4v) is 2.73. The molecule has 0 aromatic heterocycles. The first kappa shape index (κ1) is 22.2. The van der Waals surface area contributed by atoms with Crippen molar-refractivity contribution in [1.29, 1.82) is 0 Å². The molecule has 0 heterocycles. The summed E-state index contributed by atoms with van der Waals surface area (Å²) in [7, 11) is 0. The Hall–Kier alpha value is -3.06. The van der Waals surface area contributed by atoms with Gasteiger partial charge in [0, 0.05) is 6.42 Å². The van der Waals surface area contributed by atoms with E-state index in [0.717, 1.165) is 12.0 Å². The van der Waals surface area contributed by atoms with Gasteiger partial charge in [-0.2, -0.15) is 0 Å². The Labute approximate surface area is 170 Å². The van der Waals surface area contributed by atoms with Crippen molar-refractivity contribution in [2.75, 3.05) is 0 Å². The number of carbonyl (C=O) groups is 2. The number of ether oxygens (including phenoxy) is 1. The maximum atomic E-state index is 12.7. The van der Waals surface area contributed by atoms with E-state index in [1.165, 1.54) is 12.1 Å². The van der Waals surface area contributed by atoms with Crippen LogP contribution in [0.15, 0.2) is 48.5 Å². The molecule has 1 amide bonds. The Bertz CT molecular complexity index is 825. The van der Waals surface area contributed by atoms with Crippen molar-refractivity contribution in [2.45, 2.75) is 45.4 Å². The number of phenols is 2. The first-order valence-electron chi connectivity index (χ1n) is 9.59. The van der Waals surface area contributed by atoms with Crippen molar-refractivity contribution >= 4 is 11.9 Å². The van der Waals surface area contributed by atoms with Crippen LogP contribution in [0, 0.1) is 5.92 Å². The van der Waals surface area contributed by atoms with Gasteiger partial charge in [0.1, 0.15) is 12.6 Å². The van der Waals surface area contributed by atoms with Gasteiger partial charge in [0.25, 0.3) is 0 Å². The second-order valence-corrected chi connectivity index (χ2v) is 7.09. The average Bonchev–Trinajstić information content (AvgIpc) is 2.73. The first-order chi connectivity index (χ1) is 13.8. The maximum absolute atomic E-state index is 12.7. The van der Waals surface area contributed by atoms with E-state index in [9.17, 15) is 19.8 Å². The molecule has 0 aliphatic rings. The van der Waals surface area contributed by atoms with Crippen LogP contribution >= 0.6 is 0 Å². The second kappa shape index (κ2) is 10.5. The highest BCUT2D eigenvalue weighted by Gasteiger charge is 2.27. The van der Waals surface area contributed by atoms with E-state index >= 15 is 0 Å². The van der Waals surface area contributed by atoms with Crippen LogP contribution in [0.25, 0.3) is 0 Å². The fraction of sp³-hybridized carbons (Fsp3) is 0.364. The third-order valence-electron chi connectivity index (χ3n) is 4.86. The van der Waals surface area contributed by atoms with Gasteiger partial charge in [0.15, 0.2) is 11.5 Å². The van der Waals surface area contributed by atoms with Crippen LogP contribution in [-0.4, -0.2) is 34.2 Å². The topological polar surface area (TPSA) is 122 Å². The molecule has 0 aliphatic heterocycles. The third-order valence-corrected chi connectivity index (χ3v) is 4.86. The van der Waals surface area contributed by atoms with E-state index in [0.29, 0.717) is 5.56 Å². The molecule has 0 spiro atoms. The SMILES string of the molecule is CC[C@H](C)[C@H](N)C(=O)N[C@@H](Cc1ccc(O)c(O)c1)C(=O)OCc1ccccc1. The van der Waals surface area contributed by atoms with Crippen LogP contribution < -0.4 is 11.1 Å². The number of nitrogens with one attached hydrogen (secondary N) is 1. The van der Waals surface area contributed by atoms with Crippen molar-refractivity contribution in [3.63, 3.8) is 0 Å². The second-order valence-electron chi connectivity index (χ2n) is 7.09. The van der Waals surface area contributed by atoms with Crippen LogP contribution in [0.3, 0.4) is 0 Å². The zero-order chi connectivity index (χ0) is 21.4. The minimum absolute atomic E-state index is 0.0475. The average molecular weight is 400 g/mol. The van der Waals surface area contributed by atoms with E-state index in [2.05, 4.69) is 5.32 Å². The van der Waals surface area contributed by atoms with E-state index in [1.807, 2.05) is 44.2 Å². The Balaban J connectivity index is 2.13. The largest absolute Gasteiger partial charge is 0.504 e. The number of nitrogens with two attached hydrogens (primary N) is 1. The van der Waals surface area contributed by atoms with E-state index in [-0.39, 0.29) is 30.4 Å². The number of hydrogen-bond acceptors (Lipinski definition) is 6. The molecule has 0 bridgehead atoms. The highest BCUT2D eigenvalue weighted by molar-refractivity contribution is 5.87. The van der Waals surface area contributed by atoms with E-state index in [1.54, 1.807) is 6.07 Å². The quantitative estimate of drug-likeness (QED) is 0.378. The van der Waals surface area contributed by atoms with Crippen LogP contribution in [0.1, 0.15) is 31.4 Å². The minimum Gasteiger partial charge on any atom is -0.504 e. The van der Waals surface area contributed by atoms with Gasteiger partial charge >= 0.3 is 5.97 Å². The zero-order valence-corrected chi connectivity index (χ0v) is 16.7. The number of hydrogen-bond donors (Lipinski definition) is 4. The summed E-state index contributed by atoms with van der Waals surface area (Å²) >= 11 is 0. The summed E-state index contributed by atoms with van der Waals surface area (Å²) in [5.41, 5.74) is 7.36. The van der Waals surface area contributed by atoms with Gasteiger partial charge in [-0.1, -0.05) is 56.7 Å². The molecule has 0 fully saturated rings. The van der Waals surface area contributed by atoms with Gasteiger partial charge in [0.2, 0.25) is 5.91 Å². The van der Waals surface area contributed by atoms with Crippen molar-refractivity contribution < 1.29 is 24.5 Å². The van der Waals surface area contributed by atoms with E-state index < -0.39 is 24.0 Å². The van der Waals surface area contributed by atoms with Crippen molar-refractivity contribution in [3.8, 4) is 11.5 Å². The zero-order valence-electron chi connectivity index (χ0n) is 16.7. The molecule has 29 heavy (non-hydrogen) atoms. The predicted molar refractivity (Wildman–Crippen MR) is 109 cm³/mol. The summed E-state index contributed by atoms with van der Waals surface area (Å²) < 4.78 is 5.38. The summed E-state index contributed by atoms with van der Waals surface area (Å²) in [6.07, 6.45) is 0.809. The summed E-state index contributed by atoms with van der Waals surface area (Å²) in [6.45, 7) is 3.87. The summed E-state index contributed by atoms with van der Waals surface area (Å²) in [5.74, 6) is -1.66. The lowest BCUT2D eigenvalue weighted by Gasteiger charge is -2.23. The Morgan fingerprint density at radius 1 is 1.07 bits per heavy atom. The first-order valence-corrected chi connectivity index (χ1v) is 9.59. The van der Waals surface area contributed by atoms with Crippen molar-refractivity contribution in [3.05, 3.63) is 59.7 Å². The maximum Gasteiger partial charge on any atom is 0.329 e. The molecule has 5 N–H and O–H groups in total. The van der Waals surface area contributed by atoms with Gasteiger partial charge in [-0.05, 0) is 29.2 Å². The smallest absolute Gasteiger partial charge is 0.329 e. The standard InChI is InChI=1S/C22H28N2O5/c1-3-14(2)20(23)21(27)24-17(11-16-9-10-18(25)19(26)12-16)22(28)29-13-15-7-5-4-6-8-15/h4-10,12,14,17,20,25-26H,3,11,13,23H2,1-2H3,(H,24,27)/t14-,17-,20-/m0/s1. The number of phenolic OH excluding ortho intramolecular Hbond substituents is 2. The number of amides is 1. The van der Waals surface area contributed by atoms with E-state index in [4.69, 9.17) is 10.5 Å². The molecule has 0 unspecified atom stereocenters. The number of benzene rings is 2. The molecule has 2 rings (SSSR count). The number of rotatable bonds is 9. The molecule has 2 aromatic rings. The van der Waals surface area contributed by atoms with Gasteiger partial charge < -0.3 is 26.0 Å². The lowest BCUT2D eigenvalue weighted by atomic mass is 9.98.